The van der Waals surface area contributed by atoms with Crippen molar-refractivity contribution < 1.29 is 21.2 Å². The van der Waals surface area contributed by atoms with Crippen LogP contribution in [0.25, 0.3) is 65.8 Å². The molecule has 12 aromatic rings. The van der Waals surface area contributed by atoms with Crippen LogP contribution in [0.15, 0.2) is 159 Å². The van der Waals surface area contributed by atoms with Crippen LogP contribution in [0, 0.1) is 0 Å². The van der Waals surface area contributed by atoms with E-state index in [2.05, 4.69) is 56.7 Å². The number of imidazole rings is 3. The lowest BCUT2D eigenvalue weighted by Crippen LogP contribution is -2.25. The molecule has 0 N–H and O–H groups in total. The van der Waals surface area contributed by atoms with E-state index in [0.29, 0.717) is 64.1 Å². The molecule has 3 saturated carbocycles. The van der Waals surface area contributed by atoms with Crippen molar-refractivity contribution >= 4 is 101 Å². The Bertz CT molecular complexity index is 5070. The fourth-order valence-electron chi connectivity index (χ4n) is 12.8. The highest BCUT2D eigenvalue weighted by molar-refractivity contribution is 9.10. The van der Waals surface area contributed by atoms with E-state index in [-0.39, 0.29) is 41.3 Å². The fourth-order valence-corrected chi connectivity index (χ4v) is 14.7. The van der Waals surface area contributed by atoms with Gasteiger partial charge in [0.05, 0.1) is 93.2 Å². The molecule has 462 valence electrons. The van der Waals surface area contributed by atoms with Gasteiger partial charge >= 0.3 is 17.1 Å². The van der Waals surface area contributed by atoms with Crippen LogP contribution < -0.4 is 17.1 Å². The number of aromatic nitrogens is 12. The molecule has 9 aromatic heterocycles. The second-order valence-corrected chi connectivity index (χ2v) is 29.3. The molecule has 3 fully saturated rings. The van der Waals surface area contributed by atoms with Crippen molar-refractivity contribution in [3.63, 3.8) is 0 Å². The third-order valence-corrected chi connectivity index (χ3v) is 20.3. The van der Waals surface area contributed by atoms with Crippen LogP contribution in [0.4, 0.5) is 4.39 Å². The van der Waals surface area contributed by atoms with Crippen molar-refractivity contribution in [1.82, 2.24) is 56.1 Å². The molecule has 19 nitrogen and oxygen atoms in total. The Kier molecular flexibility index (Phi) is 16.6. The summed E-state index contributed by atoms with van der Waals surface area (Å²) in [7, 11) is -6.06. The number of benzene rings is 3. The summed E-state index contributed by atoms with van der Waals surface area (Å²) in [6.07, 6.45) is 21.9. The molecule has 0 radical (unpaired) electrons. The van der Waals surface area contributed by atoms with Crippen LogP contribution in [0.3, 0.4) is 0 Å². The summed E-state index contributed by atoms with van der Waals surface area (Å²) in [6, 6.07) is 34.8. The zero-order chi connectivity index (χ0) is 61.7. The first-order chi connectivity index (χ1) is 43.0. The number of hydrogen-bond donors (Lipinski definition) is 0. The van der Waals surface area contributed by atoms with Crippen LogP contribution >= 0.6 is 15.9 Å². The van der Waals surface area contributed by atoms with Crippen molar-refractivity contribution in [2.45, 2.75) is 122 Å². The van der Waals surface area contributed by atoms with Gasteiger partial charge in [-0.1, -0.05) is 36.4 Å². The van der Waals surface area contributed by atoms with Crippen molar-refractivity contribution in [2.24, 2.45) is 0 Å². The van der Waals surface area contributed by atoms with E-state index in [1.54, 1.807) is 24.8 Å². The number of sulfone groups is 2. The van der Waals surface area contributed by atoms with E-state index in [9.17, 15) is 35.6 Å². The summed E-state index contributed by atoms with van der Waals surface area (Å²) in [5.74, 6) is 0.258. The zero-order valence-electron chi connectivity index (χ0n) is 49.7. The molecule has 0 saturated heterocycles. The zero-order valence-corrected chi connectivity index (χ0v) is 53.0. The predicted octanol–water partition coefficient (Wildman–Crippen LogP) is 11.0. The summed E-state index contributed by atoms with van der Waals surface area (Å²) in [4.78, 5) is 52.5. The molecule has 0 atom stereocenters. The van der Waals surface area contributed by atoms with Gasteiger partial charge < -0.3 is 13.7 Å². The Morgan fingerprint density at radius 3 is 1.22 bits per heavy atom. The van der Waals surface area contributed by atoms with Crippen LogP contribution in [-0.2, 0) is 58.9 Å². The molecular weight excluding hydrogens is 1240 g/mol. The minimum absolute atomic E-state index is 0.00154. The number of halogens is 2. The topological polar surface area (TPSA) is 203 Å². The second kappa shape index (κ2) is 24.7. The van der Waals surface area contributed by atoms with Crippen molar-refractivity contribution in [1.29, 1.82) is 0 Å². The SMILES string of the molecule is CS(=O)(=O)CCCn1c(Cn2c(=O)n(C3CC3)c3ccccc32)c(Br)c2cnccc21.CS(=O)(=O)CCCn1c(Cn2c(=O)n(C3CC3)c3ccccc32)cc2cnccc21.O=c1n(Cc2cc3cnccc3n2CCCCF)c2ccccc2n1C1CC1. The normalized spacial score (nSPS) is 14.6. The maximum atomic E-state index is 13.4. The highest BCUT2D eigenvalue weighted by Gasteiger charge is 2.32. The van der Waals surface area contributed by atoms with Crippen LogP contribution in [0.2, 0.25) is 0 Å². The summed E-state index contributed by atoms with van der Waals surface area (Å²) in [5.41, 5.74) is 11.9. The van der Waals surface area contributed by atoms with Gasteiger partial charge in [-0.15, -0.1) is 0 Å². The first-order valence-electron chi connectivity index (χ1n) is 30.5. The van der Waals surface area contributed by atoms with Crippen molar-refractivity contribution in [2.75, 3.05) is 30.7 Å². The Morgan fingerprint density at radius 1 is 0.449 bits per heavy atom. The molecule has 0 unspecified atom stereocenters. The molecule has 23 heteroatoms. The number of para-hydroxylation sites is 6. The maximum Gasteiger partial charge on any atom is 0.329 e. The molecule has 9 heterocycles. The molecule has 3 aromatic carbocycles. The van der Waals surface area contributed by atoms with Crippen LogP contribution in [0.1, 0.15) is 99.4 Å². The highest BCUT2D eigenvalue weighted by atomic mass is 79.9. The van der Waals surface area contributed by atoms with Gasteiger partial charge in [-0.2, -0.15) is 0 Å². The number of nitrogens with zero attached hydrogens (tertiary/aromatic N) is 12. The number of unbranched alkanes of at least 4 members (excludes halogenated alkanes) is 1. The van der Waals surface area contributed by atoms with Gasteiger partial charge in [-0.05, 0) is 147 Å². The van der Waals surface area contributed by atoms with Crippen LogP contribution in [-0.4, -0.2) is 104 Å². The molecule has 3 aliphatic carbocycles. The lowest BCUT2D eigenvalue weighted by Gasteiger charge is -2.12. The van der Waals surface area contributed by atoms with Gasteiger partial charge in [0.25, 0.3) is 0 Å². The quantitative estimate of drug-likeness (QED) is 0.0623. The van der Waals surface area contributed by atoms with E-state index < -0.39 is 19.7 Å². The third kappa shape index (κ3) is 12.4. The first-order valence-corrected chi connectivity index (χ1v) is 35.4. The summed E-state index contributed by atoms with van der Waals surface area (Å²) >= 11 is 3.73. The Labute approximate surface area is 521 Å². The number of hydrogen-bond acceptors (Lipinski definition) is 10. The third-order valence-electron chi connectivity index (χ3n) is 17.3. The maximum absolute atomic E-state index is 13.4. The monoisotopic (exact) mass is 1300 g/mol. The molecule has 15 rings (SSSR count). The summed E-state index contributed by atoms with van der Waals surface area (Å²) in [5, 5.41) is 3.00. The molecular formula is C66H70BrFN12O7S2. The Balaban J connectivity index is 0.000000123. The van der Waals surface area contributed by atoms with Crippen LogP contribution in [0.5, 0.6) is 0 Å². The lowest BCUT2D eigenvalue weighted by atomic mass is 10.3. The van der Waals surface area contributed by atoms with Gasteiger partial charge in [0.15, 0.2) is 0 Å². The first kappa shape index (κ1) is 59.8. The van der Waals surface area contributed by atoms with E-state index in [0.717, 1.165) is 139 Å². The van der Waals surface area contributed by atoms with E-state index in [1.165, 1.54) is 12.5 Å². The number of fused-ring (bicyclic) bond motifs is 6. The fraction of sp³-hybridized carbons (Fsp3) is 0.364. The number of aryl methyl sites for hydroxylation is 3. The minimum atomic E-state index is -3.04. The number of pyridine rings is 3. The standard InChI is InChI=1S/C22H23BrN4O3S.C22H23FN4O.C22H24N4O3S/c1-31(29,30)12-4-11-25-17-9-10-24-13-16(17)21(23)20(25)14-26-18-5-2-3-6-19(18)27(22(26)28)15-7-8-15;23-10-3-4-12-25-18(13-16-14-24-11-9-19(16)25)15-26-20-5-1-2-6-21(20)27(22(26)28)17-7-8-17;1-30(28,29)12-4-11-24-18(13-16-14-23-10-9-19(16)24)15-25-20-5-2-3-6-21(20)26(22(25)27)17-7-8-17/h2-3,5-6,9-10,13,15H,4,7-8,11-12,14H2,1H3;1-2,5-6,9,11,13-14,17H,3-4,7-8,10,12,15H2;2-3,5-6,9-10,13-14,17H,4,7-8,11-12,15H2,1H3. The van der Waals surface area contributed by atoms with Gasteiger partial charge in [-0.3, -0.25) is 46.7 Å². The van der Waals surface area contributed by atoms with Gasteiger partial charge in [0, 0.05) is 119 Å². The molecule has 0 spiro atoms. The van der Waals surface area contributed by atoms with Crippen molar-refractivity contribution in [3.05, 3.63) is 193 Å². The Hall–Kier alpha value is -8.15. The summed E-state index contributed by atoms with van der Waals surface area (Å²) < 4.78 is 77.8. The average molecular weight is 1310 g/mol. The van der Waals surface area contributed by atoms with E-state index in [4.69, 9.17) is 0 Å². The highest BCUT2D eigenvalue weighted by Crippen LogP contribution is 2.39. The smallest absolute Gasteiger partial charge is 0.329 e. The minimum Gasteiger partial charge on any atom is -0.343 e. The molecule has 89 heavy (non-hydrogen) atoms. The molecule has 0 aliphatic heterocycles. The van der Waals surface area contributed by atoms with Gasteiger partial charge in [0.2, 0.25) is 0 Å². The number of rotatable bonds is 21. The number of alkyl halides is 1. The molecule has 3 aliphatic rings. The largest absolute Gasteiger partial charge is 0.343 e. The van der Waals surface area contributed by atoms with Gasteiger partial charge in [-0.25, -0.2) is 31.2 Å². The van der Waals surface area contributed by atoms with Gasteiger partial charge in [0.1, 0.15) is 19.7 Å². The van der Waals surface area contributed by atoms with E-state index in [1.807, 2.05) is 131 Å². The molecule has 0 amide bonds. The predicted molar refractivity (Wildman–Crippen MR) is 351 cm³/mol. The second-order valence-electron chi connectivity index (χ2n) is 24.0. The Morgan fingerprint density at radius 2 is 0.820 bits per heavy atom. The van der Waals surface area contributed by atoms with Crippen molar-refractivity contribution in [3.8, 4) is 0 Å². The summed E-state index contributed by atoms with van der Waals surface area (Å²) in [6.45, 7) is 2.90. The molecule has 0 bridgehead atoms. The average Bonchev–Trinajstić information content (AvgIpc) is 1.70. The lowest BCUT2D eigenvalue weighted by molar-refractivity contribution is 0.447. The van der Waals surface area contributed by atoms with E-state index >= 15 is 0 Å².